The molecule has 3 rings (SSSR count). The van der Waals surface area contributed by atoms with Crippen molar-refractivity contribution in [1.82, 2.24) is 5.32 Å². The summed E-state index contributed by atoms with van der Waals surface area (Å²) < 4.78 is 65.6. The second-order valence-electron chi connectivity index (χ2n) is 12.1. The molecule has 1 amide bonds. The first-order valence-electron chi connectivity index (χ1n) is 19.4. The van der Waals surface area contributed by atoms with Crippen molar-refractivity contribution in [1.29, 1.82) is 0 Å². The Morgan fingerprint density at radius 3 is 1.11 bits per heavy atom. The summed E-state index contributed by atoms with van der Waals surface area (Å²) in [5.74, 6) is 0.0488. The van der Waals surface area contributed by atoms with Crippen molar-refractivity contribution >= 4 is 6.09 Å². The average Bonchev–Trinajstić information content (AvgIpc) is 3.53. The lowest BCUT2D eigenvalue weighted by Gasteiger charge is -2.14. The molecule has 15 nitrogen and oxygen atoms in total. The van der Waals surface area contributed by atoms with Gasteiger partial charge in [0.1, 0.15) is 6.61 Å². The fourth-order valence-electron chi connectivity index (χ4n) is 5.40. The third-order valence-corrected chi connectivity index (χ3v) is 8.06. The van der Waals surface area contributed by atoms with Crippen LogP contribution in [0.4, 0.5) is 4.79 Å². The minimum atomic E-state index is -0.416. The van der Waals surface area contributed by atoms with Gasteiger partial charge in [0.2, 0.25) is 0 Å². The van der Waals surface area contributed by atoms with E-state index in [1.165, 1.54) is 22.3 Å². The van der Waals surface area contributed by atoms with Gasteiger partial charge in [-0.3, -0.25) is 0 Å². The summed E-state index contributed by atoms with van der Waals surface area (Å²) in [5, 5.41) is 2.81. The number of nitrogens with two attached hydrogens (primary N) is 1. The predicted octanol–water partition coefficient (Wildman–Crippen LogP) is 3.06. The lowest BCUT2D eigenvalue weighted by Crippen LogP contribution is -2.27. The molecule has 2 aromatic carbocycles. The molecule has 0 fully saturated rings. The molecule has 0 bridgehead atoms. The number of carbonyl (C=O) groups is 1. The topological polar surface area (TPSA) is 166 Å². The maximum absolute atomic E-state index is 12.3. The van der Waals surface area contributed by atoms with Gasteiger partial charge < -0.3 is 67.9 Å². The third-order valence-electron chi connectivity index (χ3n) is 8.06. The second-order valence-corrected chi connectivity index (χ2v) is 12.1. The fourth-order valence-corrected chi connectivity index (χ4v) is 5.40. The van der Waals surface area contributed by atoms with E-state index in [2.05, 4.69) is 29.6 Å². The van der Waals surface area contributed by atoms with Gasteiger partial charge in [-0.15, -0.1) is 0 Å². The van der Waals surface area contributed by atoms with Crippen LogP contribution in [0, 0.1) is 0 Å². The van der Waals surface area contributed by atoms with Crippen LogP contribution < -0.4 is 11.1 Å². The first kappa shape index (κ1) is 46.6. The molecule has 1 aliphatic rings. The van der Waals surface area contributed by atoms with Crippen molar-refractivity contribution in [3.8, 4) is 11.1 Å². The van der Waals surface area contributed by atoms with Crippen LogP contribution in [0.25, 0.3) is 11.1 Å². The molecule has 0 aliphatic heterocycles. The molecule has 2 aromatic rings. The van der Waals surface area contributed by atoms with Gasteiger partial charge in [0, 0.05) is 25.6 Å². The van der Waals surface area contributed by atoms with E-state index in [0.29, 0.717) is 171 Å². The lowest BCUT2D eigenvalue weighted by molar-refractivity contribution is -0.0274. The van der Waals surface area contributed by atoms with Crippen LogP contribution in [0.3, 0.4) is 0 Å². The molecule has 55 heavy (non-hydrogen) atoms. The Balaban J connectivity index is 0.941. The Morgan fingerprint density at radius 2 is 0.764 bits per heavy atom. The van der Waals surface area contributed by atoms with Crippen molar-refractivity contribution in [2.45, 2.75) is 12.3 Å². The van der Waals surface area contributed by atoms with Gasteiger partial charge in [0.15, 0.2) is 0 Å². The van der Waals surface area contributed by atoms with Crippen LogP contribution in [0.1, 0.15) is 23.5 Å². The molecule has 312 valence electrons. The van der Waals surface area contributed by atoms with E-state index >= 15 is 0 Å². The van der Waals surface area contributed by atoms with Crippen LogP contribution >= 0.6 is 0 Å². The molecule has 0 atom stereocenters. The quantitative estimate of drug-likeness (QED) is 0.0956. The van der Waals surface area contributed by atoms with E-state index < -0.39 is 6.09 Å². The second kappa shape index (κ2) is 33.4. The highest BCUT2D eigenvalue weighted by molar-refractivity contribution is 5.79. The van der Waals surface area contributed by atoms with Gasteiger partial charge in [-0.25, -0.2) is 4.79 Å². The number of fused-ring (bicyclic) bond motifs is 3. The fraction of sp³-hybridized carbons (Fsp3) is 0.675. The highest BCUT2D eigenvalue weighted by Crippen LogP contribution is 2.44. The highest BCUT2D eigenvalue weighted by atomic mass is 16.6. The summed E-state index contributed by atoms with van der Waals surface area (Å²) in [6.07, 6.45) is 0.268. The minimum Gasteiger partial charge on any atom is -0.449 e. The number of rotatable bonds is 38. The first-order valence-corrected chi connectivity index (χ1v) is 19.4. The Kier molecular flexibility index (Phi) is 28.3. The van der Waals surface area contributed by atoms with Gasteiger partial charge in [0.25, 0.3) is 0 Å². The van der Waals surface area contributed by atoms with Gasteiger partial charge >= 0.3 is 6.09 Å². The maximum atomic E-state index is 12.3. The number of hydrogen-bond acceptors (Lipinski definition) is 14. The summed E-state index contributed by atoms with van der Waals surface area (Å²) >= 11 is 0. The molecule has 0 saturated carbocycles. The number of carbonyl (C=O) groups excluding carboxylic acids is 1. The zero-order valence-electron chi connectivity index (χ0n) is 32.5. The molecule has 0 unspecified atom stereocenters. The monoisotopic (exact) mass is 780 g/mol. The average molecular weight is 781 g/mol. The molecule has 3 N–H and O–H groups in total. The Labute approximate surface area is 326 Å². The molecule has 15 heteroatoms. The van der Waals surface area contributed by atoms with Gasteiger partial charge in [0.05, 0.1) is 139 Å². The Hall–Kier alpha value is -2.77. The third kappa shape index (κ3) is 22.5. The van der Waals surface area contributed by atoms with Crippen molar-refractivity contribution in [3.63, 3.8) is 0 Å². The van der Waals surface area contributed by atoms with E-state index in [0.717, 1.165) is 0 Å². The summed E-state index contributed by atoms with van der Waals surface area (Å²) in [6, 6.07) is 16.6. The molecule has 0 aromatic heterocycles. The van der Waals surface area contributed by atoms with Crippen LogP contribution in [-0.4, -0.2) is 171 Å². The van der Waals surface area contributed by atoms with Crippen molar-refractivity contribution in [2.24, 2.45) is 5.73 Å². The molecule has 0 spiro atoms. The number of ether oxygens (including phenoxy) is 12. The van der Waals surface area contributed by atoms with Gasteiger partial charge in [-0.1, -0.05) is 48.5 Å². The molecule has 0 radical (unpaired) electrons. The smallest absolute Gasteiger partial charge is 0.407 e. The Bertz CT molecular complexity index is 1170. The summed E-state index contributed by atoms with van der Waals surface area (Å²) in [4.78, 5) is 12.3. The zero-order chi connectivity index (χ0) is 38.7. The molecular weight excluding hydrogens is 716 g/mol. The lowest BCUT2D eigenvalue weighted by atomic mass is 9.98. The van der Waals surface area contributed by atoms with Gasteiger partial charge in [-0.05, 0) is 28.7 Å². The van der Waals surface area contributed by atoms with Crippen LogP contribution in [0.2, 0.25) is 0 Å². The number of benzene rings is 2. The molecule has 1 aliphatic carbocycles. The van der Waals surface area contributed by atoms with Gasteiger partial charge in [-0.2, -0.15) is 0 Å². The number of hydrogen-bond donors (Lipinski definition) is 2. The first-order chi connectivity index (χ1) is 27.3. The minimum absolute atomic E-state index is 0.0488. The number of nitrogens with one attached hydrogen (secondary N) is 1. The van der Waals surface area contributed by atoms with E-state index in [4.69, 9.17) is 62.6 Å². The normalized spacial score (nSPS) is 12.2. The summed E-state index contributed by atoms with van der Waals surface area (Å²) in [6.45, 7) is 12.4. The number of amides is 1. The van der Waals surface area contributed by atoms with Crippen molar-refractivity contribution in [3.05, 3.63) is 59.7 Å². The van der Waals surface area contributed by atoms with E-state index in [-0.39, 0.29) is 5.92 Å². The summed E-state index contributed by atoms with van der Waals surface area (Å²) in [7, 11) is 0. The largest absolute Gasteiger partial charge is 0.449 e. The van der Waals surface area contributed by atoms with Crippen molar-refractivity contribution in [2.75, 3.05) is 165 Å². The predicted molar refractivity (Wildman–Crippen MR) is 206 cm³/mol. The van der Waals surface area contributed by atoms with Crippen LogP contribution in [-0.2, 0) is 56.8 Å². The van der Waals surface area contributed by atoms with Crippen molar-refractivity contribution < 1.29 is 61.6 Å². The highest BCUT2D eigenvalue weighted by Gasteiger charge is 2.28. The van der Waals surface area contributed by atoms with Crippen LogP contribution in [0.15, 0.2) is 48.5 Å². The van der Waals surface area contributed by atoms with Crippen LogP contribution in [0.5, 0.6) is 0 Å². The SMILES string of the molecule is NCCOCCOCCOCCOCCOCCOCCOCCOCCOCCOCCOCCCNC(=O)OCC1c2ccccc2-c2ccccc21. The molecule has 0 heterocycles. The van der Waals surface area contributed by atoms with E-state index in [1.807, 2.05) is 24.3 Å². The standard InChI is InChI=1S/C40H64N2O13/c41-10-13-45-15-17-47-19-21-49-23-25-51-27-29-53-31-33-54-32-30-52-28-26-50-24-22-48-20-18-46-16-14-44-12-5-11-42-40(43)55-34-39-37-8-3-1-6-35(37)36-7-2-4-9-38(36)39/h1-4,6-9,39H,5,10-34,41H2,(H,42,43). The summed E-state index contributed by atoms with van der Waals surface area (Å²) in [5.41, 5.74) is 10.1. The van der Waals surface area contributed by atoms with E-state index in [1.54, 1.807) is 0 Å². The number of alkyl carbamates (subject to hydrolysis) is 1. The van der Waals surface area contributed by atoms with E-state index in [9.17, 15) is 4.79 Å². The zero-order valence-corrected chi connectivity index (χ0v) is 32.5. The molecule has 0 saturated heterocycles. The molecular formula is C40H64N2O13. The Morgan fingerprint density at radius 1 is 0.455 bits per heavy atom. The maximum Gasteiger partial charge on any atom is 0.407 e.